The molecule has 1 amide bonds. The number of fused-ring (bicyclic) bond motifs is 1. The highest BCUT2D eigenvalue weighted by Crippen LogP contribution is 2.18. The second kappa shape index (κ2) is 9.40. The number of hydrogen-bond donors (Lipinski definition) is 2. The van der Waals surface area contributed by atoms with Crippen molar-refractivity contribution in [2.75, 3.05) is 11.9 Å². The molecule has 0 fully saturated rings. The molecule has 7 nitrogen and oxygen atoms in total. The van der Waals surface area contributed by atoms with Gasteiger partial charge in [-0.15, -0.1) is 0 Å². The summed E-state index contributed by atoms with van der Waals surface area (Å²) >= 11 is 0. The highest BCUT2D eigenvalue weighted by Gasteiger charge is 2.13. The van der Waals surface area contributed by atoms with Crippen LogP contribution in [0.2, 0.25) is 0 Å². The number of rotatable bonds is 9. The maximum Gasteiger partial charge on any atom is 0.226 e. The summed E-state index contributed by atoms with van der Waals surface area (Å²) < 4.78 is 28.8. The molecule has 0 bridgehead atoms. The summed E-state index contributed by atoms with van der Waals surface area (Å²) in [6.07, 6.45) is 0.267. The van der Waals surface area contributed by atoms with Gasteiger partial charge in [0.2, 0.25) is 15.9 Å². The molecule has 1 heterocycles. The minimum atomic E-state index is -3.41. The number of nitrogens with one attached hydrogen (secondary N) is 2. The normalized spacial score (nSPS) is 11.9. The fraction of sp³-hybridized carbons (Fsp3) is 0.364. The Labute approximate surface area is 177 Å². The SMILES string of the molecule is Cc1nn(CCC(=O)Nc2cccc(CS(=O)(=O)NCC(C)C)c2)c2ccccc12. The van der Waals surface area contributed by atoms with E-state index in [0.717, 1.165) is 16.6 Å². The molecule has 0 atom stereocenters. The van der Waals surface area contributed by atoms with Crippen LogP contribution in [0.5, 0.6) is 0 Å². The Morgan fingerprint density at radius 2 is 1.90 bits per heavy atom. The highest BCUT2D eigenvalue weighted by molar-refractivity contribution is 7.88. The smallest absolute Gasteiger partial charge is 0.226 e. The van der Waals surface area contributed by atoms with Gasteiger partial charge in [0.05, 0.1) is 23.5 Å². The Kier molecular flexibility index (Phi) is 6.89. The molecule has 3 aromatic rings. The van der Waals surface area contributed by atoms with E-state index in [9.17, 15) is 13.2 Å². The van der Waals surface area contributed by atoms with E-state index in [1.807, 2.05) is 49.7 Å². The molecule has 0 saturated carbocycles. The van der Waals surface area contributed by atoms with E-state index < -0.39 is 10.0 Å². The summed E-state index contributed by atoms with van der Waals surface area (Å²) in [5, 5.41) is 8.45. The molecule has 8 heteroatoms. The average molecular weight is 429 g/mol. The molecular weight excluding hydrogens is 400 g/mol. The number of anilines is 1. The number of aryl methyl sites for hydroxylation is 2. The average Bonchev–Trinajstić information content (AvgIpc) is 3.01. The monoisotopic (exact) mass is 428 g/mol. The molecule has 0 aliphatic rings. The fourth-order valence-corrected chi connectivity index (χ4v) is 4.51. The third-order valence-corrected chi connectivity index (χ3v) is 5.99. The number of amides is 1. The lowest BCUT2D eigenvalue weighted by Crippen LogP contribution is -2.28. The number of carbonyl (C=O) groups excluding carboxylic acids is 1. The number of aromatic nitrogens is 2. The van der Waals surface area contributed by atoms with Crippen molar-refractivity contribution in [2.24, 2.45) is 5.92 Å². The Morgan fingerprint density at radius 3 is 2.67 bits per heavy atom. The minimum Gasteiger partial charge on any atom is -0.326 e. The second-order valence-electron chi connectivity index (χ2n) is 7.83. The van der Waals surface area contributed by atoms with Crippen molar-refractivity contribution in [3.8, 4) is 0 Å². The summed E-state index contributed by atoms with van der Waals surface area (Å²) in [5.74, 6) is -0.0339. The van der Waals surface area contributed by atoms with E-state index in [-0.39, 0.29) is 24.0 Å². The molecule has 0 unspecified atom stereocenters. The first-order valence-corrected chi connectivity index (χ1v) is 11.7. The van der Waals surface area contributed by atoms with Crippen molar-refractivity contribution in [2.45, 2.75) is 39.5 Å². The van der Waals surface area contributed by atoms with Crippen LogP contribution < -0.4 is 10.0 Å². The minimum absolute atomic E-state index is 0.123. The predicted molar refractivity (Wildman–Crippen MR) is 120 cm³/mol. The van der Waals surface area contributed by atoms with Gasteiger partial charge in [-0.3, -0.25) is 9.48 Å². The first kappa shape index (κ1) is 22.0. The lowest BCUT2D eigenvalue weighted by Gasteiger charge is -2.10. The van der Waals surface area contributed by atoms with Crippen molar-refractivity contribution in [1.82, 2.24) is 14.5 Å². The number of nitrogens with zero attached hydrogens (tertiary/aromatic N) is 2. The summed E-state index contributed by atoms with van der Waals surface area (Å²) in [7, 11) is -3.41. The molecule has 0 aliphatic heterocycles. The van der Waals surface area contributed by atoms with Gasteiger partial charge in [0.25, 0.3) is 0 Å². The Balaban J connectivity index is 1.59. The van der Waals surface area contributed by atoms with Gasteiger partial charge in [-0.25, -0.2) is 13.1 Å². The van der Waals surface area contributed by atoms with Crippen LogP contribution in [0, 0.1) is 12.8 Å². The first-order chi connectivity index (χ1) is 14.2. The van der Waals surface area contributed by atoms with Crippen LogP contribution in [-0.4, -0.2) is 30.7 Å². The summed E-state index contributed by atoms with van der Waals surface area (Å²) in [5.41, 5.74) is 3.14. The van der Waals surface area contributed by atoms with Crippen LogP contribution >= 0.6 is 0 Å². The van der Waals surface area contributed by atoms with Crippen molar-refractivity contribution in [1.29, 1.82) is 0 Å². The third kappa shape index (κ3) is 5.90. The first-order valence-electron chi connectivity index (χ1n) is 10.0. The molecule has 3 rings (SSSR count). The maximum absolute atomic E-state index is 12.4. The molecule has 160 valence electrons. The van der Waals surface area contributed by atoms with Gasteiger partial charge in [0.15, 0.2) is 0 Å². The molecule has 2 aromatic carbocycles. The number of sulfonamides is 1. The van der Waals surface area contributed by atoms with Crippen LogP contribution in [-0.2, 0) is 27.1 Å². The Morgan fingerprint density at radius 1 is 1.13 bits per heavy atom. The van der Waals surface area contributed by atoms with E-state index in [0.29, 0.717) is 24.3 Å². The zero-order chi connectivity index (χ0) is 21.7. The van der Waals surface area contributed by atoms with E-state index in [4.69, 9.17) is 0 Å². The Bertz CT molecular complexity index is 1140. The van der Waals surface area contributed by atoms with Crippen LogP contribution in [0.4, 0.5) is 5.69 Å². The van der Waals surface area contributed by atoms with Gasteiger partial charge in [0.1, 0.15) is 0 Å². The van der Waals surface area contributed by atoms with Crippen LogP contribution in [0.3, 0.4) is 0 Å². The summed E-state index contributed by atoms with van der Waals surface area (Å²) in [6.45, 7) is 6.72. The van der Waals surface area contributed by atoms with Gasteiger partial charge in [-0.05, 0) is 36.6 Å². The van der Waals surface area contributed by atoms with E-state index in [1.165, 1.54) is 0 Å². The van der Waals surface area contributed by atoms with Crippen LogP contribution in [0.15, 0.2) is 48.5 Å². The number of para-hydroxylation sites is 1. The fourth-order valence-electron chi connectivity index (χ4n) is 3.20. The van der Waals surface area contributed by atoms with Gasteiger partial charge >= 0.3 is 0 Å². The standard InChI is InChI=1S/C22H28N4O3S/c1-16(2)14-23-30(28,29)15-18-7-6-8-19(13-18)24-22(27)11-12-26-21-10-5-4-9-20(21)17(3)25-26/h4-10,13,16,23H,11-12,14-15H2,1-3H3,(H,24,27). The molecule has 1 aromatic heterocycles. The van der Waals surface area contributed by atoms with Gasteiger partial charge < -0.3 is 5.32 Å². The van der Waals surface area contributed by atoms with Gasteiger partial charge in [0, 0.05) is 24.0 Å². The van der Waals surface area contributed by atoms with Crippen LogP contribution in [0.1, 0.15) is 31.5 Å². The zero-order valence-electron chi connectivity index (χ0n) is 17.6. The van der Waals surface area contributed by atoms with E-state index >= 15 is 0 Å². The molecule has 0 spiro atoms. The van der Waals surface area contributed by atoms with Gasteiger partial charge in [-0.1, -0.05) is 44.2 Å². The number of carbonyl (C=O) groups is 1. The molecule has 0 radical (unpaired) electrons. The van der Waals surface area contributed by atoms with Gasteiger partial charge in [-0.2, -0.15) is 5.10 Å². The van der Waals surface area contributed by atoms with Crippen molar-refractivity contribution in [3.63, 3.8) is 0 Å². The van der Waals surface area contributed by atoms with E-state index in [1.54, 1.807) is 24.3 Å². The molecule has 2 N–H and O–H groups in total. The van der Waals surface area contributed by atoms with Crippen LogP contribution in [0.25, 0.3) is 10.9 Å². The largest absolute Gasteiger partial charge is 0.326 e. The predicted octanol–water partition coefficient (Wildman–Crippen LogP) is 3.45. The maximum atomic E-state index is 12.4. The van der Waals surface area contributed by atoms with Crippen molar-refractivity contribution >= 4 is 32.5 Å². The van der Waals surface area contributed by atoms with E-state index in [2.05, 4.69) is 15.1 Å². The summed E-state index contributed by atoms with van der Waals surface area (Å²) in [4.78, 5) is 12.4. The summed E-state index contributed by atoms with van der Waals surface area (Å²) in [6, 6.07) is 14.9. The number of benzene rings is 2. The van der Waals surface area contributed by atoms with Crippen molar-refractivity contribution in [3.05, 3.63) is 59.8 Å². The van der Waals surface area contributed by atoms with Crippen molar-refractivity contribution < 1.29 is 13.2 Å². The zero-order valence-corrected chi connectivity index (χ0v) is 18.4. The molecule has 0 aliphatic carbocycles. The third-order valence-electron chi connectivity index (χ3n) is 4.67. The quantitative estimate of drug-likeness (QED) is 0.546. The lowest BCUT2D eigenvalue weighted by molar-refractivity contribution is -0.116. The topological polar surface area (TPSA) is 93.1 Å². The number of hydrogen-bond acceptors (Lipinski definition) is 4. The Hall–Kier alpha value is -2.71. The molecule has 30 heavy (non-hydrogen) atoms. The molecule has 0 saturated heterocycles. The highest BCUT2D eigenvalue weighted by atomic mass is 32.2. The lowest BCUT2D eigenvalue weighted by atomic mass is 10.2. The molecular formula is C22H28N4O3S. The second-order valence-corrected chi connectivity index (χ2v) is 9.63.